The van der Waals surface area contributed by atoms with Crippen molar-refractivity contribution >= 4 is 11.9 Å². The molecule has 0 aromatic heterocycles. The minimum Gasteiger partial charge on any atom is -0.466 e. The average molecular weight is 271 g/mol. The van der Waals surface area contributed by atoms with E-state index in [1.54, 1.807) is 6.92 Å². The maximum atomic E-state index is 12.4. The Morgan fingerprint density at radius 3 is 2.11 bits per heavy atom. The first-order chi connectivity index (χ1) is 8.96. The van der Waals surface area contributed by atoms with Crippen molar-refractivity contribution in [2.24, 2.45) is 11.8 Å². The summed E-state index contributed by atoms with van der Waals surface area (Å²) in [5.41, 5.74) is 0. The standard InChI is InChI=1S/C15H29NO3/c1-6-13(7-2)15(18)16(11-12(4)5)10-9-14(17)19-8-3/h12-13H,6-11H2,1-5H3. The Morgan fingerprint density at radius 2 is 1.68 bits per heavy atom. The maximum absolute atomic E-state index is 12.4. The zero-order valence-corrected chi connectivity index (χ0v) is 13.1. The minimum absolute atomic E-state index is 0.0703. The van der Waals surface area contributed by atoms with Crippen LogP contribution in [0.2, 0.25) is 0 Å². The Balaban J connectivity index is 4.53. The lowest BCUT2D eigenvalue weighted by Crippen LogP contribution is -2.39. The number of rotatable bonds is 9. The van der Waals surface area contributed by atoms with Crippen molar-refractivity contribution in [3.63, 3.8) is 0 Å². The molecule has 0 rings (SSSR count). The van der Waals surface area contributed by atoms with E-state index in [0.29, 0.717) is 25.6 Å². The predicted octanol–water partition coefficient (Wildman–Crippen LogP) is 2.86. The van der Waals surface area contributed by atoms with E-state index in [0.717, 1.165) is 12.8 Å². The van der Waals surface area contributed by atoms with Crippen LogP contribution in [0.5, 0.6) is 0 Å². The molecule has 0 aliphatic rings. The van der Waals surface area contributed by atoms with Crippen molar-refractivity contribution in [1.82, 2.24) is 4.90 Å². The molecule has 0 aromatic carbocycles. The van der Waals surface area contributed by atoms with Crippen molar-refractivity contribution in [2.75, 3.05) is 19.7 Å². The molecule has 0 aromatic rings. The van der Waals surface area contributed by atoms with Crippen molar-refractivity contribution in [1.29, 1.82) is 0 Å². The lowest BCUT2D eigenvalue weighted by atomic mass is 10.0. The fourth-order valence-corrected chi connectivity index (χ4v) is 2.09. The molecular formula is C15H29NO3. The molecule has 0 radical (unpaired) electrons. The first-order valence-electron chi connectivity index (χ1n) is 7.40. The van der Waals surface area contributed by atoms with Gasteiger partial charge in [0.1, 0.15) is 0 Å². The van der Waals surface area contributed by atoms with Crippen LogP contribution in [0.4, 0.5) is 0 Å². The predicted molar refractivity (Wildman–Crippen MR) is 76.7 cm³/mol. The number of esters is 1. The van der Waals surface area contributed by atoms with Crippen LogP contribution in [0.25, 0.3) is 0 Å². The van der Waals surface area contributed by atoms with Gasteiger partial charge in [-0.2, -0.15) is 0 Å². The monoisotopic (exact) mass is 271 g/mol. The lowest BCUT2D eigenvalue weighted by Gasteiger charge is -2.27. The van der Waals surface area contributed by atoms with Crippen LogP contribution < -0.4 is 0 Å². The number of ether oxygens (including phenoxy) is 1. The van der Waals surface area contributed by atoms with Gasteiger partial charge in [0.15, 0.2) is 0 Å². The fraction of sp³-hybridized carbons (Fsp3) is 0.867. The van der Waals surface area contributed by atoms with E-state index in [4.69, 9.17) is 4.74 Å². The zero-order chi connectivity index (χ0) is 14.8. The first-order valence-corrected chi connectivity index (χ1v) is 7.40. The Kier molecular flexibility index (Phi) is 9.27. The molecule has 19 heavy (non-hydrogen) atoms. The number of hydrogen-bond acceptors (Lipinski definition) is 3. The SMILES string of the molecule is CCOC(=O)CCN(CC(C)C)C(=O)C(CC)CC. The third kappa shape index (κ3) is 7.19. The third-order valence-corrected chi connectivity index (χ3v) is 3.12. The molecule has 112 valence electrons. The van der Waals surface area contributed by atoms with E-state index in [1.165, 1.54) is 0 Å². The Hall–Kier alpha value is -1.06. The van der Waals surface area contributed by atoms with Gasteiger partial charge in [-0.15, -0.1) is 0 Å². The van der Waals surface area contributed by atoms with Gasteiger partial charge >= 0.3 is 5.97 Å². The third-order valence-electron chi connectivity index (χ3n) is 3.12. The summed E-state index contributed by atoms with van der Waals surface area (Å²) in [6, 6.07) is 0. The maximum Gasteiger partial charge on any atom is 0.307 e. The molecule has 0 aliphatic carbocycles. The second kappa shape index (κ2) is 9.82. The van der Waals surface area contributed by atoms with Gasteiger partial charge in [-0.1, -0.05) is 27.7 Å². The van der Waals surface area contributed by atoms with E-state index in [-0.39, 0.29) is 24.2 Å². The molecule has 0 spiro atoms. The summed E-state index contributed by atoms with van der Waals surface area (Å²) >= 11 is 0. The summed E-state index contributed by atoms with van der Waals surface area (Å²) in [6.45, 7) is 11.6. The average Bonchev–Trinajstić information content (AvgIpc) is 2.35. The highest BCUT2D eigenvalue weighted by Gasteiger charge is 2.22. The van der Waals surface area contributed by atoms with Crippen LogP contribution in [0.15, 0.2) is 0 Å². The molecule has 0 fully saturated rings. The highest BCUT2D eigenvalue weighted by Crippen LogP contribution is 2.14. The van der Waals surface area contributed by atoms with Crippen LogP contribution in [0.3, 0.4) is 0 Å². The summed E-state index contributed by atoms with van der Waals surface area (Å²) in [6.07, 6.45) is 1.99. The zero-order valence-electron chi connectivity index (χ0n) is 13.1. The first kappa shape index (κ1) is 17.9. The fourth-order valence-electron chi connectivity index (χ4n) is 2.09. The molecule has 0 N–H and O–H groups in total. The molecule has 0 atom stereocenters. The second-order valence-electron chi connectivity index (χ2n) is 5.25. The molecule has 1 amide bonds. The van der Waals surface area contributed by atoms with E-state index >= 15 is 0 Å². The van der Waals surface area contributed by atoms with Gasteiger partial charge < -0.3 is 9.64 Å². The van der Waals surface area contributed by atoms with E-state index in [9.17, 15) is 9.59 Å². The number of carbonyl (C=O) groups is 2. The Bertz CT molecular complexity index is 273. The van der Waals surface area contributed by atoms with Gasteiger partial charge in [-0.05, 0) is 25.7 Å². The second-order valence-corrected chi connectivity index (χ2v) is 5.25. The van der Waals surface area contributed by atoms with Crippen molar-refractivity contribution < 1.29 is 14.3 Å². The van der Waals surface area contributed by atoms with Gasteiger partial charge in [0.25, 0.3) is 0 Å². The van der Waals surface area contributed by atoms with Crippen LogP contribution in [-0.4, -0.2) is 36.5 Å². The molecule has 0 bridgehead atoms. The topological polar surface area (TPSA) is 46.6 Å². The normalized spacial score (nSPS) is 10.9. The number of carbonyl (C=O) groups excluding carboxylic acids is 2. The van der Waals surface area contributed by atoms with Gasteiger partial charge in [0, 0.05) is 19.0 Å². The lowest BCUT2D eigenvalue weighted by molar-refractivity contribution is -0.144. The van der Waals surface area contributed by atoms with Crippen molar-refractivity contribution in [2.45, 2.75) is 53.9 Å². The number of hydrogen-bond donors (Lipinski definition) is 0. The van der Waals surface area contributed by atoms with Gasteiger partial charge in [0.05, 0.1) is 13.0 Å². The molecule has 0 aliphatic heterocycles. The highest BCUT2D eigenvalue weighted by atomic mass is 16.5. The molecular weight excluding hydrogens is 242 g/mol. The van der Waals surface area contributed by atoms with Crippen LogP contribution >= 0.6 is 0 Å². The van der Waals surface area contributed by atoms with E-state index in [2.05, 4.69) is 13.8 Å². The largest absolute Gasteiger partial charge is 0.466 e. The van der Waals surface area contributed by atoms with Crippen LogP contribution in [-0.2, 0) is 14.3 Å². The number of nitrogens with zero attached hydrogens (tertiary/aromatic N) is 1. The van der Waals surface area contributed by atoms with Crippen LogP contribution in [0.1, 0.15) is 53.9 Å². The Morgan fingerprint density at radius 1 is 1.11 bits per heavy atom. The van der Waals surface area contributed by atoms with Crippen LogP contribution in [0, 0.1) is 11.8 Å². The summed E-state index contributed by atoms with van der Waals surface area (Å²) in [7, 11) is 0. The highest BCUT2D eigenvalue weighted by molar-refractivity contribution is 5.79. The van der Waals surface area contributed by atoms with Crippen molar-refractivity contribution in [3.05, 3.63) is 0 Å². The summed E-state index contributed by atoms with van der Waals surface area (Å²) in [5.74, 6) is 0.415. The molecule has 0 saturated heterocycles. The van der Waals surface area contributed by atoms with E-state index in [1.807, 2.05) is 18.7 Å². The number of amides is 1. The summed E-state index contributed by atoms with van der Waals surface area (Å²) < 4.78 is 4.91. The summed E-state index contributed by atoms with van der Waals surface area (Å²) in [5, 5.41) is 0. The smallest absolute Gasteiger partial charge is 0.307 e. The van der Waals surface area contributed by atoms with Gasteiger partial charge in [0.2, 0.25) is 5.91 Å². The van der Waals surface area contributed by atoms with Gasteiger partial charge in [-0.3, -0.25) is 9.59 Å². The summed E-state index contributed by atoms with van der Waals surface area (Å²) in [4.78, 5) is 25.6. The molecule has 0 saturated carbocycles. The van der Waals surface area contributed by atoms with Crippen molar-refractivity contribution in [3.8, 4) is 0 Å². The molecule has 4 heteroatoms. The molecule has 4 nitrogen and oxygen atoms in total. The Labute approximate surface area is 117 Å². The molecule has 0 heterocycles. The minimum atomic E-state index is -0.228. The van der Waals surface area contributed by atoms with Gasteiger partial charge in [-0.25, -0.2) is 0 Å². The van der Waals surface area contributed by atoms with E-state index < -0.39 is 0 Å². The quantitative estimate of drug-likeness (QED) is 0.606. The molecule has 0 unspecified atom stereocenters.